The Morgan fingerprint density at radius 2 is 2.07 bits per heavy atom. The molecule has 6 heteroatoms. The van der Waals surface area contributed by atoms with Gasteiger partial charge < -0.3 is 4.74 Å². The van der Waals surface area contributed by atoms with Gasteiger partial charge in [-0.05, 0) is 62.6 Å². The first-order valence-electron chi connectivity index (χ1n) is 9.33. The quantitative estimate of drug-likeness (QED) is 0.495. The topological polar surface area (TPSA) is 68.3 Å². The first-order valence-corrected chi connectivity index (χ1v) is 10.1. The summed E-state index contributed by atoms with van der Waals surface area (Å²) < 4.78 is 5.04. The standard InChI is InChI=1S/C21H28N2O3S/c1-5-16(13-21(4)19(24)23-20(25)27-21)8-7-15(3)26-12-11-18-10-9-17(6-2)14-22-18/h7-10,14H,5-6,11-13H2,1-4H3,(H,23,24,25)/b15-7+,16-8+. The molecule has 1 aromatic rings. The minimum atomic E-state index is -0.724. The Hall–Kier alpha value is -2.08. The van der Waals surface area contributed by atoms with E-state index in [-0.39, 0.29) is 11.1 Å². The summed E-state index contributed by atoms with van der Waals surface area (Å²) in [6, 6.07) is 4.15. The van der Waals surface area contributed by atoms with E-state index >= 15 is 0 Å². The first-order chi connectivity index (χ1) is 12.9. The van der Waals surface area contributed by atoms with Crippen molar-refractivity contribution >= 4 is 22.9 Å². The summed E-state index contributed by atoms with van der Waals surface area (Å²) in [5, 5.41) is 2.09. The summed E-state index contributed by atoms with van der Waals surface area (Å²) in [7, 11) is 0. The van der Waals surface area contributed by atoms with Gasteiger partial charge in [-0.25, -0.2) is 0 Å². The van der Waals surface area contributed by atoms with Crippen molar-refractivity contribution in [3.8, 4) is 0 Å². The van der Waals surface area contributed by atoms with Crippen molar-refractivity contribution in [3.05, 3.63) is 53.1 Å². The Kier molecular flexibility index (Phi) is 7.66. The molecular weight excluding hydrogens is 360 g/mol. The van der Waals surface area contributed by atoms with E-state index in [4.69, 9.17) is 4.74 Å². The second-order valence-electron chi connectivity index (χ2n) is 6.82. The molecule has 27 heavy (non-hydrogen) atoms. The van der Waals surface area contributed by atoms with Crippen LogP contribution in [-0.2, 0) is 22.4 Å². The number of imide groups is 1. The molecule has 0 spiro atoms. The fourth-order valence-corrected chi connectivity index (χ4v) is 3.72. The number of pyridine rings is 1. The Balaban J connectivity index is 1.87. The Morgan fingerprint density at radius 1 is 1.30 bits per heavy atom. The second kappa shape index (κ2) is 9.74. The van der Waals surface area contributed by atoms with Crippen molar-refractivity contribution in [3.63, 3.8) is 0 Å². The molecule has 2 rings (SSSR count). The van der Waals surface area contributed by atoms with Gasteiger partial charge in [-0.1, -0.05) is 31.6 Å². The number of nitrogens with zero attached hydrogens (tertiary/aromatic N) is 1. The second-order valence-corrected chi connectivity index (χ2v) is 8.29. The molecule has 1 atom stereocenters. The maximum Gasteiger partial charge on any atom is 0.286 e. The van der Waals surface area contributed by atoms with Crippen LogP contribution in [0.2, 0.25) is 0 Å². The maximum atomic E-state index is 12.0. The third kappa shape index (κ3) is 6.24. The van der Waals surface area contributed by atoms with E-state index in [1.165, 1.54) is 5.56 Å². The third-order valence-corrected chi connectivity index (χ3v) is 5.64. The number of hydrogen-bond donors (Lipinski definition) is 1. The molecule has 2 amide bonds. The van der Waals surface area contributed by atoms with E-state index in [0.717, 1.165) is 48.1 Å². The summed E-state index contributed by atoms with van der Waals surface area (Å²) in [4.78, 5) is 27.9. The van der Waals surface area contributed by atoms with E-state index in [1.807, 2.05) is 45.2 Å². The van der Waals surface area contributed by atoms with E-state index in [9.17, 15) is 9.59 Å². The van der Waals surface area contributed by atoms with Crippen LogP contribution in [-0.4, -0.2) is 27.5 Å². The van der Waals surface area contributed by atoms with Gasteiger partial charge in [-0.3, -0.25) is 19.9 Å². The van der Waals surface area contributed by atoms with Gasteiger partial charge in [-0.2, -0.15) is 0 Å². The zero-order chi connectivity index (χ0) is 19.9. The highest BCUT2D eigenvalue weighted by Crippen LogP contribution is 2.37. The van der Waals surface area contributed by atoms with Gasteiger partial charge in [0.2, 0.25) is 5.91 Å². The molecule has 1 fully saturated rings. The Morgan fingerprint density at radius 3 is 2.63 bits per heavy atom. The number of amides is 2. The van der Waals surface area contributed by atoms with Crippen LogP contribution in [0.1, 0.15) is 51.8 Å². The van der Waals surface area contributed by atoms with Gasteiger partial charge >= 0.3 is 0 Å². The summed E-state index contributed by atoms with van der Waals surface area (Å²) in [6.07, 6.45) is 8.94. The van der Waals surface area contributed by atoms with Crippen molar-refractivity contribution in [2.45, 2.75) is 58.1 Å². The fraction of sp³-hybridized carbons (Fsp3) is 0.476. The minimum absolute atomic E-state index is 0.213. The summed E-state index contributed by atoms with van der Waals surface area (Å²) in [5.74, 6) is 0.603. The highest BCUT2D eigenvalue weighted by Gasteiger charge is 2.43. The van der Waals surface area contributed by atoms with Gasteiger partial charge in [0.05, 0.1) is 12.4 Å². The lowest BCUT2D eigenvalue weighted by atomic mass is 9.97. The molecule has 1 aliphatic rings. The molecule has 0 radical (unpaired) electrons. The molecule has 0 bridgehead atoms. The van der Waals surface area contributed by atoms with Gasteiger partial charge in [-0.15, -0.1) is 0 Å². The number of thioether (sulfide) groups is 1. The predicted molar refractivity (Wildman–Crippen MR) is 110 cm³/mol. The van der Waals surface area contributed by atoms with Crippen LogP contribution in [0.4, 0.5) is 4.79 Å². The molecule has 1 N–H and O–H groups in total. The molecule has 5 nitrogen and oxygen atoms in total. The number of rotatable bonds is 9. The fourth-order valence-electron chi connectivity index (χ4n) is 2.76. The molecule has 0 saturated carbocycles. The van der Waals surface area contributed by atoms with Crippen molar-refractivity contribution < 1.29 is 14.3 Å². The molecule has 0 aromatic carbocycles. The van der Waals surface area contributed by atoms with Crippen LogP contribution in [0, 0.1) is 0 Å². The van der Waals surface area contributed by atoms with Crippen LogP contribution in [0.3, 0.4) is 0 Å². The lowest BCUT2D eigenvalue weighted by Crippen LogP contribution is -2.34. The number of aromatic nitrogens is 1. The molecular formula is C21H28N2O3S. The first kappa shape index (κ1) is 21.2. The predicted octanol–water partition coefficient (Wildman–Crippen LogP) is 4.58. The van der Waals surface area contributed by atoms with Crippen LogP contribution in [0.15, 0.2) is 41.8 Å². The number of nitrogens with one attached hydrogen (secondary N) is 1. The van der Waals surface area contributed by atoms with Crippen LogP contribution in [0.5, 0.6) is 0 Å². The highest BCUT2D eigenvalue weighted by molar-refractivity contribution is 8.16. The normalized spacial score (nSPS) is 20.7. The average Bonchev–Trinajstić information content (AvgIpc) is 2.90. The molecule has 0 aliphatic carbocycles. The van der Waals surface area contributed by atoms with Crippen molar-refractivity contribution in [2.75, 3.05) is 6.61 Å². The van der Waals surface area contributed by atoms with E-state index < -0.39 is 4.75 Å². The van der Waals surface area contributed by atoms with Gasteiger partial charge in [0.25, 0.3) is 5.24 Å². The maximum absolute atomic E-state index is 12.0. The van der Waals surface area contributed by atoms with Gasteiger partial charge in [0.1, 0.15) is 4.75 Å². The highest BCUT2D eigenvalue weighted by atomic mass is 32.2. The van der Waals surface area contributed by atoms with Crippen LogP contribution < -0.4 is 5.32 Å². The monoisotopic (exact) mass is 388 g/mol. The van der Waals surface area contributed by atoms with Crippen LogP contribution >= 0.6 is 11.8 Å². The van der Waals surface area contributed by atoms with Crippen molar-refractivity contribution in [2.24, 2.45) is 0 Å². The SMILES string of the molecule is CC/C(=C\C=C(/C)OCCc1ccc(CC)cn1)CC1(C)SC(=O)NC1=O. The van der Waals surface area contributed by atoms with Crippen LogP contribution in [0.25, 0.3) is 0 Å². The van der Waals surface area contributed by atoms with E-state index in [1.54, 1.807) is 0 Å². The lowest BCUT2D eigenvalue weighted by molar-refractivity contribution is -0.121. The smallest absolute Gasteiger partial charge is 0.286 e. The largest absolute Gasteiger partial charge is 0.498 e. The number of carbonyl (C=O) groups is 2. The molecule has 1 aromatic heterocycles. The van der Waals surface area contributed by atoms with E-state index in [0.29, 0.717) is 13.0 Å². The molecule has 146 valence electrons. The van der Waals surface area contributed by atoms with E-state index in [2.05, 4.69) is 23.3 Å². The number of allylic oxidation sites excluding steroid dienone is 4. The lowest BCUT2D eigenvalue weighted by Gasteiger charge is -2.19. The number of aryl methyl sites for hydroxylation is 1. The molecule has 1 saturated heterocycles. The number of ether oxygens (including phenoxy) is 1. The minimum Gasteiger partial charge on any atom is -0.498 e. The molecule has 2 heterocycles. The third-order valence-electron chi connectivity index (χ3n) is 4.57. The summed E-state index contributed by atoms with van der Waals surface area (Å²) in [5.41, 5.74) is 3.36. The average molecular weight is 389 g/mol. The van der Waals surface area contributed by atoms with Gasteiger partial charge in [0.15, 0.2) is 0 Å². The number of hydrogen-bond acceptors (Lipinski definition) is 5. The molecule has 1 unspecified atom stereocenters. The number of carbonyl (C=O) groups excluding carboxylic acids is 2. The van der Waals surface area contributed by atoms with Gasteiger partial charge in [0, 0.05) is 18.3 Å². The summed E-state index contributed by atoms with van der Waals surface area (Å²) >= 11 is 1.07. The van der Waals surface area contributed by atoms with Crippen molar-refractivity contribution in [1.82, 2.24) is 10.3 Å². The Bertz CT molecular complexity index is 740. The van der Waals surface area contributed by atoms with Crippen molar-refractivity contribution in [1.29, 1.82) is 0 Å². The zero-order valence-corrected chi connectivity index (χ0v) is 17.3. The Labute approximate surface area is 165 Å². The summed E-state index contributed by atoms with van der Waals surface area (Å²) in [6.45, 7) is 8.46. The zero-order valence-electron chi connectivity index (χ0n) is 16.5. The molecule has 1 aliphatic heterocycles.